The first-order valence-electron chi connectivity index (χ1n) is 9.54. The fraction of sp³-hybridized carbons (Fsp3) is 0.381. The van der Waals surface area contributed by atoms with Crippen molar-refractivity contribution in [1.82, 2.24) is 4.98 Å². The molecule has 5 nitrogen and oxygen atoms in total. The number of benzene rings is 1. The number of pyridine rings is 1. The predicted octanol–water partition coefficient (Wildman–Crippen LogP) is 4.47. The molecule has 1 aliphatic heterocycles. The average Bonchev–Trinajstić information content (AvgIpc) is 2.80. The van der Waals surface area contributed by atoms with Gasteiger partial charge in [0.05, 0.1) is 11.6 Å². The molecule has 0 unspecified atom stereocenters. The smallest absolute Gasteiger partial charge is 0.265 e. The van der Waals surface area contributed by atoms with E-state index in [-0.39, 0.29) is 28.3 Å². The molecule has 3 rings (SSSR count). The normalized spacial score (nSPS) is 20.1. The first kappa shape index (κ1) is 25.0. The maximum Gasteiger partial charge on any atom is 0.265 e. The Bertz CT molecular complexity index is 1080. The molecule has 0 saturated carbocycles. The lowest BCUT2D eigenvalue weighted by Crippen LogP contribution is -2.58. The molecule has 0 amide bonds. The van der Waals surface area contributed by atoms with E-state index in [0.29, 0.717) is 0 Å². The van der Waals surface area contributed by atoms with Crippen LogP contribution in [0.2, 0.25) is 5.02 Å². The zero-order valence-corrected chi connectivity index (χ0v) is 17.7. The number of Topliss-reactive ketones (excluding diaryl/α,β-unsaturated/α-hetero) is 1. The first-order valence-corrected chi connectivity index (χ1v) is 9.92. The van der Waals surface area contributed by atoms with Gasteiger partial charge in [-0.15, -0.1) is 0 Å². The predicted molar refractivity (Wildman–Crippen MR) is 109 cm³/mol. The number of carbonyl (C=O) groups excluding carboxylic acids is 1. The second-order valence-corrected chi connectivity index (χ2v) is 7.93. The largest absolute Gasteiger partial charge is 0.385 e. The van der Waals surface area contributed by atoms with Crippen molar-refractivity contribution in [3.63, 3.8) is 0 Å². The molecule has 0 fully saturated rings. The lowest BCUT2D eigenvalue weighted by molar-refractivity contribution is -0.0644. The van der Waals surface area contributed by atoms with E-state index < -0.39 is 67.2 Å². The highest BCUT2D eigenvalue weighted by Crippen LogP contribution is 2.36. The van der Waals surface area contributed by atoms with E-state index in [9.17, 15) is 31.1 Å². The Morgan fingerprint density at radius 1 is 1.18 bits per heavy atom. The second kappa shape index (κ2) is 9.68. The van der Waals surface area contributed by atoms with Crippen molar-refractivity contribution >= 4 is 23.2 Å². The summed E-state index contributed by atoms with van der Waals surface area (Å²) in [6, 6.07) is 4.27. The quantitative estimate of drug-likeness (QED) is 0.435. The summed E-state index contributed by atoms with van der Waals surface area (Å²) in [6.45, 7) is -4.71. The molecule has 0 aliphatic carbocycles. The average molecular weight is 494 g/mol. The summed E-state index contributed by atoms with van der Waals surface area (Å²) in [4.78, 5) is 20.1. The van der Waals surface area contributed by atoms with Crippen molar-refractivity contribution in [3.05, 3.63) is 63.7 Å². The second-order valence-electron chi connectivity index (χ2n) is 7.53. The summed E-state index contributed by atoms with van der Waals surface area (Å²) < 4.78 is 86.0. The number of ether oxygens (including phenoxy) is 1. The van der Waals surface area contributed by atoms with Crippen molar-refractivity contribution in [1.29, 1.82) is 0 Å². The van der Waals surface area contributed by atoms with Gasteiger partial charge in [0.25, 0.3) is 6.43 Å². The van der Waals surface area contributed by atoms with Crippen LogP contribution >= 0.6 is 11.6 Å². The van der Waals surface area contributed by atoms with Gasteiger partial charge in [-0.25, -0.2) is 26.3 Å². The Morgan fingerprint density at radius 2 is 1.88 bits per heavy atom. The van der Waals surface area contributed by atoms with Crippen LogP contribution < -0.4 is 5.73 Å². The van der Waals surface area contributed by atoms with Crippen LogP contribution in [-0.2, 0) is 16.7 Å². The SMILES string of the molecule is NC1=N[C@](CF)(c2cc(CC(=O)c3ncc(C(F)F)cc3Cl)ccc2F)COC1(CF)CF. The van der Waals surface area contributed by atoms with Crippen molar-refractivity contribution in [2.75, 3.05) is 26.6 Å². The molecule has 1 aromatic heterocycles. The van der Waals surface area contributed by atoms with Gasteiger partial charge in [-0.05, 0) is 23.8 Å². The summed E-state index contributed by atoms with van der Waals surface area (Å²) in [6.07, 6.45) is -2.39. The topological polar surface area (TPSA) is 77.6 Å². The number of ketones is 1. The Kier molecular flexibility index (Phi) is 7.32. The van der Waals surface area contributed by atoms with E-state index in [1.54, 1.807) is 0 Å². The number of aromatic nitrogens is 1. The van der Waals surface area contributed by atoms with Gasteiger partial charge < -0.3 is 10.5 Å². The van der Waals surface area contributed by atoms with Crippen LogP contribution in [0.4, 0.5) is 26.3 Å². The van der Waals surface area contributed by atoms with Gasteiger partial charge in [-0.2, -0.15) is 0 Å². The Balaban J connectivity index is 1.94. The summed E-state index contributed by atoms with van der Waals surface area (Å²) >= 11 is 5.89. The van der Waals surface area contributed by atoms with Gasteiger partial charge >= 0.3 is 0 Å². The van der Waals surface area contributed by atoms with E-state index in [4.69, 9.17) is 22.1 Å². The Morgan fingerprint density at radius 3 is 2.42 bits per heavy atom. The van der Waals surface area contributed by atoms with Crippen LogP contribution in [-0.4, -0.2) is 48.8 Å². The fourth-order valence-corrected chi connectivity index (χ4v) is 3.59. The number of nitrogens with zero attached hydrogens (tertiary/aromatic N) is 2. The van der Waals surface area contributed by atoms with Crippen molar-refractivity contribution in [2.24, 2.45) is 10.7 Å². The number of aliphatic imine (C=N–C) groups is 1. The maximum atomic E-state index is 14.6. The molecule has 2 heterocycles. The molecule has 1 aromatic carbocycles. The number of nitrogens with two attached hydrogens (primary N) is 1. The number of hydrogen-bond acceptors (Lipinski definition) is 5. The van der Waals surface area contributed by atoms with Gasteiger partial charge in [-0.3, -0.25) is 14.8 Å². The number of alkyl halides is 5. The van der Waals surface area contributed by atoms with Gasteiger partial charge in [-0.1, -0.05) is 17.7 Å². The molecule has 33 heavy (non-hydrogen) atoms. The third-order valence-electron chi connectivity index (χ3n) is 5.32. The Labute approximate surface area is 189 Å². The molecule has 0 saturated heterocycles. The highest BCUT2D eigenvalue weighted by atomic mass is 35.5. The Hall–Kier alpha value is -2.66. The van der Waals surface area contributed by atoms with Crippen molar-refractivity contribution in [2.45, 2.75) is 24.0 Å². The zero-order valence-electron chi connectivity index (χ0n) is 16.9. The number of halogens is 7. The first-order chi connectivity index (χ1) is 15.6. The number of rotatable bonds is 8. The molecule has 0 spiro atoms. The molecule has 2 aromatic rings. The molecule has 1 atom stereocenters. The third kappa shape index (κ3) is 4.70. The van der Waals surface area contributed by atoms with Crippen LogP contribution in [0.1, 0.15) is 33.6 Å². The molecule has 12 heteroatoms. The van der Waals surface area contributed by atoms with E-state index in [1.807, 2.05) is 0 Å². The third-order valence-corrected chi connectivity index (χ3v) is 5.60. The molecule has 0 radical (unpaired) electrons. The molecular weight excluding hydrogens is 476 g/mol. The monoisotopic (exact) mass is 493 g/mol. The zero-order chi connectivity index (χ0) is 24.4. The molecule has 2 N–H and O–H groups in total. The molecule has 178 valence electrons. The fourth-order valence-electron chi connectivity index (χ4n) is 3.31. The summed E-state index contributed by atoms with van der Waals surface area (Å²) in [5.41, 5.74) is 0.580. The highest BCUT2D eigenvalue weighted by Gasteiger charge is 2.48. The van der Waals surface area contributed by atoms with E-state index in [1.165, 1.54) is 6.07 Å². The van der Waals surface area contributed by atoms with Gasteiger partial charge in [0.2, 0.25) is 0 Å². The van der Waals surface area contributed by atoms with Crippen LogP contribution in [0, 0.1) is 5.82 Å². The minimum atomic E-state index is -2.82. The summed E-state index contributed by atoms with van der Waals surface area (Å²) in [5.74, 6) is -2.23. The number of carbonyl (C=O) groups is 1. The van der Waals surface area contributed by atoms with Crippen LogP contribution in [0.3, 0.4) is 0 Å². The lowest BCUT2D eigenvalue weighted by atomic mass is 9.87. The molecule has 1 aliphatic rings. The highest BCUT2D eigenvalue weighted by molar-refractivity contribution is 6.33. The van der Waals surface area contributed by atoms with Gasteiger partial charge in [0.15, 0.2) is 11.4 Å². The minimum absolute atomic E-state index is 0.196. The van der Waals surface area contributed by atoms with E-state index in [0.717, 1.165) is 24.4 Å². The minimum Gasteiger partial charge on any atom is -0.385 e. The number of amidine groups is 1. The standard InChI is InChI=1S/C21H18ClF6N3O2/c22-14-5-12(18(27)28)6-30-17(14)16(32)4-11-1-2-15(26)13(3-11)20(7-23)10-33-21(8-24,9-25)19(29)31-20/h1-3,5-6,18H,4,7-10H2,(H2,29,31)/t20-/m0/s1. The number of hydrogen-bond donors (Lipinski definition) is 1. The lowest BCUT2D eigenvalue weighted by Gasteiger charge is -2.40. The van der Waals surface area contributed by atoms with Gasteiger partial charge in [0, 0.05) is 23.7 Å². The van der Waals surface area contributed by atoms with E-state index >= 15 is 0 Å². The molecule has 0 bridgehead atoms. The van der Waals surface area contributed by atoms with Gasteiger partial charge in [0.1, 0.15) is 42.9 Å². The molecular formula is C21H18ClF6N3O2. The maximum absolute atomic E-state index is 14.6. The summed E-state index contributed by atoms with van der Waals surface area (Å²) in [5, 5.41) is -0.285. The van der Waals surface area contributed by atoms with Crippen molar-refractivity contribution in [3.8, 4) is 0 Å². The van der Waals surface area contributed by atoms with Crippen LogP contribution in [0.5, 0.6) is 0 Å². The van der Waals surface area contributed by atoms with Crippen LogP contribution in [0.15, 0.2) is 35.5 Å². The van der Waals surface area contributed by atoms with Crippen molar-refractivity contribution < 1.29 is 35.9 Å². The summed E-state index contributed by atoms with van der Waals surface area (Å²) in [7, 11) is 0. The van der Waals surface area contributed by atoms with Crippen LogP contribution in [0.25, 0.3) is 0 Å². The van der Waals surface area contributed by atoms with E-state index in [2.05, 4.69) is 9.98 Å².